The normalized spacial score (nSPS) is 21.5. The van der Waals surface area contributed by atoms with Gasteiger partial charge in [0.2, 0.25) is 0 Å². The first kappa shape index (κ1) is 14.2. The molecule has 1 heterocycles. The Labute approximate surface area is 119 Å². The SMILES string of the molecule is CN1C(C)(C)C(Oc2ccc(C#N)c(Cl)c2)C1(C)C. The zero-order valence-electron chi connectivity index (χ0n) is 12.0. The summed E-state index contributed by atoms with van der Waals surface area (Å²) in [5, 5.41) is 9.30. The van der Waals surface area contributed by atoms with Gasteiger partial charge in [-0.15, -0.1) is 0 Å². The van der Waals surface area contributed by atoms with Crippen LogP contribution in [-0.4, -0.2) is 29.1 Å². The van der Waals surface area contributed by atoms with Crippen LogP contribution in [0.15, 0.2) is 18.2 Å². The van der Waals surface area contributed by atoms with E-state index in [0.717, 1.165) is 0 Å². The maximum absolute atomic E-state index is 8.87. The molecular weight excluding hydrogens is 260 g/mol. The number of rotatable bonds is 2. The maximum Gasteiger partial charge on any atom is 0.134 e. The van der Waals surface area contributed by atoms with Crippen molar-refractivity contribution in [1.82, 2.24) is 4.90 Å². The molecule has 0 aliphatic carbocycles. The molecule has 1 aliphatic heterocycles. The summed E-state index contributed by atoms with van der Waals surface area (Å²) in [7, 11) is 2.10. The molecule has 1 fully saturated rings. The summed E-state index contributed by atoms with van der Waals surface area (Å²) in [5.41, 5.74) is 0.423. The monoisotopic (exact) mass is 278 g/mol. The standard InChI is InChI=1S/C15H19ClN2O/c1-14(2)13(15(3,4)18(14)5)19-11-7-6-10(9-17)12(16)8-11/h6-8,13H,1-5H3. The van der Waals surface area contributed by atoms with Crippen molar-refractivity contribution < 1.29 is 4.74 Å². The lowest BCUT2D eigenvalue weighted by Gasteiger charge is -2.64. The largest absolute Gasteiger partial charge is 0.487 e. The lowest BCUT2D eigenvalue weighted by Crippen LogP contribution is -2.79. The molecule has 0 spiro atoms. The van der Waals surface area contributed by atoms with E-state index in [1.165, 1.54) is 0 Å². The third-order valence-electron chi connectivity index (χ3n) is 4.33. The highest BCUT2D eigenvalue weighted by atomic mass is 35.5. The van der Waals surface area contributed by atoms with Gasteiger partial charge in [0.15, 0.2) is 0 Å². The topological polar surface area (TPSA) is 36.3 Å². The molecule has 0 radical (unpaired) electrons. The molecule has 3 nitrogen and oxygen atoms in total. The van der Waals surface area contributed by atoms with Crippen LogP contribution in [0.1, 0.15) is 33.3 Å². The zero-order valence-corrected chi connectivity index (χ0v) is 12.7. The Kier molecular flexibility index (Phi) is 3.28. The predicted molar refractivity (Wildman–Crippen MR) is 76.5 cm³/mol. The quantitative estimate of drug-likeness (QED) is 0.831. The van der Waals surface area contributed by atoms with Crippen molar-refractivity contribution in [3.63, 3.8) is 0 Å². The van der Waals surface area contributed by atoms with Gasteiger partial charge in [-0.3, -0.25) is 4.90 Å². The molecule has 0 amide bonds. The summed E-state index contributed by atoms with van der Waals surface area (Å²) in [4.78, 5) is 2.30. The number of nitrogens with zero attached hydrogens (tertiary/aromatic N) is 2. The van der Waals surface area contributed by atoms with E-state index in [1.807, 2.05) is 6.07 Å². The maximum atomic E-state index is 8.87. The Morgan fingerprint density at radius 1 is 1.26 bits per heavy atom. The van der Waals surface area contributed by atoms with Gasteiger partial charge in [0.25, 0.3) is 0 Å². The smallest absolute Gasteiger partial charge is 0.134 e. The van der Waals surface area contributed by atoms with E-state index >= 15 is 0 Å². The third kappa shape index (κ3) is 2.09. The second-order valence-corrected chi connectivity index (χ2v) is 6.52. The average Bonchev–Trinajstić information content (AvgIpc) is 2.34. The average molecular weight is 279 g/mol. The van der Waals surface area contributed by atoms with E-state index in [4.69, 9.17) is 21.6 Å². The molecule has 0 N–H and O–H groups in total. The van der Waals surface area contributed by atoms with E-state index in [0.29, 0.717) is 16.3 Å². The fourth-order valence-electron chi connectivity index (χ4n) is 2.98. The fraction of sp³-hybridized carbons (Fsp3) is 0.533. The second-order valence-electron chi connectivity index (χ2n) is 6.12. The molecule has 1 aliphatic rings. The van der Waals surface area contributed by atoms with Gasteiger partial charge in [-0.1, -0.05) is 11.6 Å². The van der Waals surface area contributed by atoms with Gasteiger partial charge in [-0.05, 0) is 46.9 Å². The number of likely N-dealkylation sites (tertiary alicyclic amines) is 1. The highest BCUT2D eigenvalue weighted by Crippen LogP contribution is 2.45. The molecule has 0 bridgehead atoms. The summed E-state index contributed by atoms with van der Waals surface area (Å²) in [6, 6.07) is 7.26. The summed E-state index contributed by atoms with van der Waals surface area (Å²) < 4.78 is 6.10. The van der Waals surface area contributed by atoms with Gasteiger partial charge in [0.05, 0.1) is 21.7 Å². The van der Waals surface area contributed by atoms with Crippen LogP contribution >= 0.6 is 11.6 Å². The van der Waals surface area contributed by atoms with Crippen LogP contribution in [0, 0.1) is 11.3 Å². The highest BCUT2D eigenvalue weighted by Gasteiger charge is 2.59. The van der Waals surface area contributed by atoms with Crippen LogP contribution in [0.3, 0.4) is 0 Å². The molecule has 0 unspecified atom stereocenters. The number of hydrogen-bond donors (Lipinski definition) is 0. The van der Waals surface area contributed by atoms with Crippen LogP contribution in [0.2, 0.25) is 5.02 Å². The van der Waals surface area contributed by atoms with Crippen LogP contribution in [0.25, 0.3) is 0 Å². The van der Waals surface area contributed by atoms with Gasteiger partial charge < -0.3 is 4.74 Å². The summed E-state index contributed by atoms with van der Waals surface area (Å²) in [5.74, 6) is 0.711. The zero-order chi connectivity index (χ0) is 14.4. The molecule has 19 heavy (non-hydrogen) atoms. The number of nitriles is 1. The molecule has 4 heteroatoms. The Morgan fingerprint density at radius 2 is 1.84 bits per heavy atom. The van der Waals surface area contributed by atoms with Crippen LogP contribution in [0.4, 0.5) is 0 Å². The van der Waals surface area contributed by atoms with E-state index in [2.05, 4.69) is 39.6 Å². The van der Waals surface area contributed by atoms with Gasteiger partial charge in [0.1, 0.15) is 17.9 Å². The molecule has 1 aromatic carbocycles. The van der Waals surface area contributed by atoms with Crippen molar-refractivity contribution in [3.8, 4) is 11.8 Å². The molecule has 1 aromatic rings. The van der Waals surface area contributed by atoms with Crippen LogP contribution in [-0.2, 0) is 0 Å². The highest BCUT2D eigenvalue weighted by molar-refractivity contribution is 6.31. The Bertz CT molecular complexity index is 530. The van der Waals surface area contributed by atoms with E-state index < -0.39 is 0 Å². The molecule has 1 saturated heterocycles. The van der Waals surface area contributed by atoms with Crippen LogP contribution < -0.4 is 4.74 Å². The Morgan fingerprint density at radius 3 is 2.32 bits per heavy atom. The third-order valence-corrected chi connectivity index (χ3v) is 4.64. The summed E-state index contributed by atoms with van der Waals surface area (Å²) in [6.07, 6.45) is 0.0778. The molecule has 0 saturated carbocycles. The molecule has 102 valence electrons. The molecular formula is C15H19ClN2O. The molecule has 0 atom stereocenters. The van der Waals surface area contributed by atoms with E-state index in [-0.39, 0.29) is 17.2 Å². The number of likely N-dealkylation sites (N-methyl/N-ethyl adjacent to an activating group) is 1. The van der Waals surface area contributed by atoms with Gasteiger partial charge >= 0.3 is 0 Å². The summed E-state index contributed by atoms with van der Waals surface area (Å²) >= 11 is 6.03. The van der Waals surface area contributed by atoms with Crippen molar-refractivity contribution in [1.29, 1.82) is 5.26 Å². The van der Waals surface area contributed by atoms with Gasteiger partial charge in [-0.2, -0.15) is 5.26 Å². The van der Waals surface area contributed by atoms with Gasteiger partial charge in [-0.25, -0.2) is 0 Å². The lowest BCUT2D eigenvalue weighted by molar-refractivity contribution is -0.189. The molecule has 0 aromatic heterocycles. The van der Waals surface area contributed by atoms with E-state index in [1.54, 1.807) is 18.2 Å². The van der Waals surface area contributed by atoms with Gasteiger partial charge in [0, 0.05) is 6.07 Å². The number of ether oxygens (including phenoxy) is 1. The second kappa shape index (κ2) is 4.40. The van der Waals surface area contributed by atoms with E-state index in [9.17, 15) is 0 Å². The summed E-state index contributed by atoms with van der Waals surface area (Å²) in [6.45, 7) is 8.64. The lowest BCUT2D eigenvalue weighted by atomic mass is 9.70. The minimum absolute atomic E-state index is 0.0239. The fourth-order valence-corrected chi connectivity index (χ4v) is 3.19. The van der Waals surface area contributed by atoms with Crippen molar-refractivity contribution in [2.45, 2.75) is 44.9 Å². The van der Waals surface area contributed by atoms with Crippen LogP contribution in [0.5, 0.6) is 5.75 Å². The number of halogens is 1. The first-order chi connectivity index (χ1) is 8.71. The van der Waals surface area contributed by atoms with Crippen molar-refractivity contribution >= 4 is 11.6 Å². The minimum atomic E-state index is -0.0239. The van der Waals surface area contributed by atoms with Crippen molar-refractivity contribution in [2.75, 3.05) is 7.05 Å². The number of hydrogen-bond acceptors (Lipinski definition) is 3. The molecule has 2 rings (SSSR count). The van der Waals surface area contributed by atoms with Crippen molar-refractivity contribution in [2.24, 2.45) is 0 Å². The first-order valence-electron chi connectivity index (χ1n) is 6.31. The number of benzene rings is 1. The Hall–Kier alpha value is -1.24. The van der Waals surface area contributed by atoms with Crippen molar-refractivity contribution in [3.05, 3.63) is 28.8 Å². The minimum Gasteiger partial charge on any atom is -0.487 e. The predicted octanol–water partition coefficient (Wildman–Crippen LogP) is 3.46. The first-order valence-corrected chi connectivity index (χ1v) is 6.69. The Balaban J connectivity index is 2.23.